The van der Waals surface area contributed by atoms with Crippen LogP contribution in [0.4, 0.5) is 11.8 Å². The molecule has 0 radical (unpaired) electrons. The maximum absolute atomic E-state index is 10.2. The van der Waals surface area contributed by atoms with Gasteiger partial charge in [0.15, 0.2) is 5.82 Å². The first-order valence-corrected chi connectivity index (χ1v) is 9.10. The first-order chi connectivity index (χ1) is 12.7. The second kappa shape index (κ2) is 5.95. The maximum atomic E-state index is 10.2. The minimum Gasteiger partial charge on any atom is -0.492 e. The monoisotopic (exact) mass is 351 g/mol. The highest BCUT2D eigenvalue weighted by Crippen LogP contribution is 2.49. The molecule has 7 heteroatoms. The number of fused-ring (bicyclic) bond motifs is 3. The van der Waals surface area contributed by atoms with Crippen LogP contribution < -0.4 is 5.32 Å². The summed E-state index contributed by atoms with van der Waals surface area (Å²) in [6, 6.07) is 4.03. The zero-order valence-electron chi connectivity index (χ0n) is 14.3. The fourth-order valence-corrected chi connectivity index (χ4v) is 4.80. The van der Waals surface area contributed by atoms with Gasteiger partial charge in [0.1, 0.15) is 5.69 Å². The highest BCUT2D eigenvalue weighted by atomic mass is 16.3. The molecule has 0 spiro atoms. The van der Waals surface area contributed by atoms with Crippen molar-refractivity contribution in [3.8, 4) is 5.88 Å². The van der Waals surface area contributed by atoms with Crippen LogP contribution in [0, 0.1) is 17.8 Å². The smallest absolute Gasteiger partial charge is 0.238 e. The quantitative estimate of drug-likeness (QED) is 0.677. The Bertz CT molecular complexity index is 903. The molecular formula is C19H21N5O2. The number of hydrogen-bond donors (Lipinski definition) is 4. The van der Waals surface area contributed by atoms with Crippen LogP contribution in [0.25, 0.3) is 11.6 Å². The molecule has 0 aromatic carbocycles. The maximum Gasteiger partial charge on any atom is 0.238 e. The van der Waals surface area contributed by atoms with Crippen LogP contribution >= 0.6 is 0 Å². The predicted octanol–water partition coefficient (Wildman–Crippen LogP) is 2.59. The lowest BCUT2D eigenvalue weighted by Crippen LogP contribution is -2.37. The molecule has 2 saturated carbocycles. The molecule has 3 aliphatic rings. The average Bonchev–Trinajstić information content (AvgIpc) is 3.41. The number of nitrogens with one attached hydrogen (secondary N) is 2. The number of allylic oxidation sites excluding steroid dienone is 1. The fourth-order valence-electron chi connectivity index (χ4n) is 4.80. The van der Waals surface area contributed by atoms with E-state index in [2.05, 4.69) is 25.3 Å². The van der Waals surface area contributed by atoms with Gasteiger partial charge in [-0.2, -0.15) is 4.98 Å². The number of aromatic hydroxyl groups is 1. The van der Waals surface area contributed by atoms with Crippen LogP contribution in [0.3, 0.4) is 0 Å². The Kier molecular flexibility index (Phi) is 3.56. The van der Waals surface area contributed by atoms with Gasteiger partial charge in [0.2, 0.25) is 11.8 Å². The van der Waals surface area contributed by atoms with Crippen LogP contribution in [-0.4, -0.2) is 44.0 Å². The molecule has 2 aliphatic carbocycles. The van der Waals surface area contributed by atoms with Gasteiger partial charge < -0.3 is 20.5 Å². The molecule has 4 N–H and O–H groups in total. The topological polar surface area (TPSA) is 106 Å². The molecule has 4 atom stereocenters. The zero-order valence-corrected chi connectivity index (χ0v) is 14.3. The molecule has 2 aromatic rings. The number of aliphatic hydroxyl groups is 1. The molecule has 0 amide bonds. The minimum absolute atomic E-state index is 0.0468. The Morgan fingerprint density at radius 1 is 1.31 bits per heavy atom. The van der Waals surface area contributed by atoms with Crippen LogP contribution in [-0.2, 0) is 0 Å². The SMILES string of the molecule is OC[C@@H]1[C@@H]2CC[C@@H](C2)[C@@H]1Nc1nc(O)c(C=C2C=Nc3ncccc32)[nH]1. The molecule has 0 saturated heterocycles. The van der Waals surface area contributed by atoms with Gasteiger partial charge in [-0.05, 0) is 49.3 Å². The molecule has 26 heavy (non-hydrogen) atoms. The Labute approximate surface area is 150 Å². The number of aromatic nitrogens is 3. The van der Waals surface area contributed by atoms with Gasteiger partial charge >= 0.3 is 0 Å². The van der Waals surface area contributed by atoms with Crippen molar-refractivity contribution < 1.29 is 10.2 Å². The summed E-state index contributed by atoms with van der Waals surface area (Å²) in [5.41, 5.74) is 2.35. The normalized spacial score (nSPS) is 30.3. The summed E-state index contributed by atoms with van der Waals surface area (Å²) in [6.45, 7) is 0.197. The van der Waals surface area contributed by atoms with Crippen molar-refractivity contribution in [2.24, 2.45) is 22.7 Å². The molecule has 2 bridgehead atoms. The van der Waals surface area contributed by atoms with Crippen molar-refractivity contribution in [2.45, 2.75) is 25.3 Å². The highest BCUT2D eigenvalue weighted by molar-refractivity contribution is 6.20. The number of hydrogen-bond acceptors (Lipinski definition) is 6. The van der Waals surface area contributed by atoms with Crippen molar-refractivity contribution in [2.75, 3.05) is 11.9 Å². The van der Waals surface area contributed by atoms with Crippen molar-refractivity contribution in [1.82, 2.24) is 15.0 Å². The third-order valence-electron chi connectivity index (χ3n) is 6.04. The van der Waals surface area contributed by atoms with E-state index in [-0.39, 0.29) is 24.4 Å². The number of pyridine rings is 1. The summed E-state index contributed by atoms with van der Waals surface area (Å²) in [6.07, 6.45) is 8.86. The lowest BCUT2D eigenvalue weighted by Gasteiger charge is -2.30. The van der Waals surface area contributed by atoms with E-state index < -0.39 is 0 Å². The second-order valence-electron chi connectivity index (χ2n) is 7.40. The molecule has 0 unspecified atom stereocenters. The molecule has 2 fully saturated rings. The van der Waals surface area contributed by atoms with Gasteiger partial charge in [-0.25, -0.2) is 9.98 Å². The first-order valence-electron chi connectivity index (χ1n) is 9.10. The number of H-pyrrole nitrogens is 1. The number of aromatic amines is 1. The Morgan fingerprint density at radius 3 is 3.08 bits per heavy atom. The molecule has 2 aromatic heterocycles. The zero-order chi connectivity index (χ0) is 17.7. The number of imidazole rings is 1. The van der Waals surface area contributed by atoms with Gasteiger partial charge in [-0.15, -0.1) is 0 Å². The molecular weight excluding hydrogens is 330 g/mol. The number of anilines is 1. The Morgan fingerprint density at radius 2 is 2.19 bits per heavy atom. The lowest BCUT2D eigenvalue weighted by atomic mass is 9.85. The van der Waals surface area contributed by atoms with Crippen molar-refractivity contribution in [3.05, 3.63) is 29.6 Å². The third-order valence-corrected chi connectivity index (χ3v) is 6.04. The minimum atomic E-state index is -0.0468. The van der Waals surface area contributed by atoms with E-state index in [1.54, 1.807) is 12.4 Å². The third kappa shape index (κ3) is 2.42. The second-order valence-corrected chi connectivity index (χ2v) is 7.40. The van der Waals surface area contributed by atoms with Crippen LogP contribution in [0.5, 0.6) is 5.88 Å². The van der Waals surface area contributed by atoms with E-state index in [1.165, 1.54) is 19.3 Å². The average molecular weight is 351 g/mol. The lowest BCUT2D eigenvalue weighted by molar-refractivity contribution is 0.166. The number of nitrogens with zero attached hydrogens (tertiary/aromatic N) is 3. The molecule has 3 heterocycles. The summed E-state index contributed by atoms with van der Waals surface area (Å²) in [4.78, 5) is 15.9. The van der Waals surface area contributed by atoms with E-state index in [4.69, 9.17) is 0 Å². The van der Waals surface area contributed by atoms with E-state index >= 15 is 0 Å². The van der Waals surface area contributed by atoms with Gasteiger partial charge in [-0.3, -0.25) is 0 Å². The standard InChI is InChI=1S/C19H21N5O2/c25-9-14-10-3-4-11(6-10)16(14)23-19-22-15(18(26)24-19)7-12-8-21-17-13(12)2-1-5-20-17/h1-2,5,7-8,10-11,14,16,25-26H,3-4,6,9H2,(H2,22,23,24)/t10-,11+,14-,16+/m1/s1. The van der Waals surface area contributed by atoms with Crippen molar-refractivity contribution in [1.29, 1.82) is 0 Å². The predicted molar refractivity (Wildman–Crippen MR) is 99.3 cm³/mol. The van der Waals surface area contributed by atoms with E-state index in [9.17, 15) is 10.2 Å². The molecule has 134 valence electrons. The number of aliphatic hydroxyl groups excluding tert-OH is 1. The van der Waals surface area contributed by atoms with Crippen molar-refractivity contribution >= 4 is 29.6 Å². The molecule has 1 aliphatic heterocycles. The largest absolute Gasteiger partial charge is 0.492 e. The summed E-state index contributed by atoms with van der Waals surface area (Å²) < 4.78 is 0. The van der Waals surface area contributed by atoms with Gasteiger partial charge in [0, 0.05) is 42.1 Å². The van der Waals surface area contributed by atoms with Gasteiger partial charge in [0.25, 0.3) is 0 Å². The number of aliphatic imine (C=N–C) groups is 1. The highest BCUT2D eigenvalue weighted by Gasteiger charge is 2.47. The summed E-state index contributed by atoms with van der Waals surface area (Å²) in [5.74, 6) is 2.63. The van der Waals surface area contributed by atoms with E-state index in [1.807, 2.05) is 18.2 Å². The van der Waals surface area contributed by atoms with E-state index in [0.29, 0.717) is 29.3 Å². The van der Waals surface area contributed by atoms with Crippen LogP contribution in [0.15, 0.2) is 23.3 Å². The van der Waals surface area contributed by atoms with Crippen molar-refractivity contribution in [3.63, 3.8) is 0 Å². The van der Waals surface area contributed by atoms with Crippen LogP contribution in [0.2, 0.25) is 0 Å². The van der Waals surface area contributed by atoms with Gasteiger partial charge in [0.05, 0.1) is 0 Å². The molecule has 5 rings (SSSR count). The summed E-state index contributed by atoms with van der Waals surface area (Å²) in [7, 11) is 0. The first kappa shape index (κ1) is 15.6. The van der Waals surface area contributed by atoms with E-state index in [0.717, 1.165) is 11.1 Å². The summed E-state index contributed by atoms with van der Waals surface area (Å²) in [5, 5.41) is 23.4. The Hall–Kier alpha value is -2.67. The fraction of sp³-hybridized carbons (Fsp3) is 0.421. The molecule has 7 nitrogen and oxygen atoms in total. The van der Waals surface area contributed by atoms with Gasteiger partial charge in [-0.1, -0.05) is 0 Å². The number of rotatable bonds is 4. The summed E-state index contributed by atoms with van der Waals surface area (Å²) >= 11 is 0. The van der Waals surface area contributed by atoms with Crippen LogP contribution in [0.1, 0.15) is 30.5 Å². The Balaban J connectivity index is 1.39.